The Morgan fingerprint density at radius 1 is 1.39 bits per heavy atom. The molecule has 2 aromatic rings. The molecule has 0 N–H and O–H groups in total. The second-order valence-corrected chi connectivity index (χ2v) is 7.18. The number of likely N-dealkylation sites (tertiary alicyclic amines) is 1. The van der Waals surface area contributed by atoms with Gasteiger partial charge in [0.2, 0.25) is 0 Å². The Morgan fingerprint density at radius 2 is 2.13 bits per heavy atom. The van der Waals surface area contributed by atoms with Gasteiger partial charge in [0.15, 0.2) is 5.16 Å². The maximum absolute atomic E-state index is 12.6. The number of carbonyl (C=O) groups is 1. The van der Waals surface area contributed by atoms with Crippen molar-refractivity contribution in [1.29, 1.82) is 0 Å². The third-order valence-electron chi connectivity index (χ3n) is 4.40. The van der Waals surface area contributed by atoms with Gasteiger partial charge in [-0.25, -0.2) is 4.98 Å². The summed E-state index contributed by atoms with van der Waals surface area (Å²) < 4.78 is 7.53. The third kappa shape index (κ3) is 3.63. The lowest BCUT2D eigenvalue weighted by atomic mass is 9.98. The number of nitrogens with zero attached hydrogens (tertiary/aromatic N) is 3. The summed E-state index contributed by atoms with van der Waals surface area (Å²) in [5.41, 5.74) is 0.711. The number of carbonyl (C=O) groups excluding carboxylic acids is 1. The molecule has 0 aromatic carbocycles. The van der Waals surface area contributed by atoms with Gasteiger partial charge >= 0.3 is 0 Å². The molecule has 23 heavy (non-hydrogen) atoms. The molecule has 0 atom stereocenters. The maximum atomic E-state index is 12.6. The molecular weight excluding hydrogens is 310 g/mol. The first kappa shape index (κ1) is 16.2. The SMILES string of the molecule is Cc1cc(C(=O)N2CCC(CSc3nccn3C)CC2)c(C)o1. The Kier molecular flexibility index (Phi) is 4.80. The van der Waals surface area contributed by atoms with Crippen molar-refractivity contribution in [3.05, 3.63) is 35.5 Å². The van der Waals surface area contributed by atoms with Crippen LogP contribution in [0.2, 0.25) is 0 Å². The number of thioether (sulfide) groups is 1. The molecule has 0 bridgehead atoms. The van der Waals surface area contributed by atoms with Crippen molar-refractivity contribution in [2.24, 2.45) is 13.0 Å². The van der Waals surface area contributed by atoms with Crippen LogP contribution in [0.15, 0.2) is 28.0 Å². The van der Waals surface area contributed by atoms with Gasteiger partial charge in [0, 0.05) is 38.3 Å². The molecule has 1 aliphatic heterocycles. The molecule has 0 saturated carbocycles. The average Bonchev–Trinajstić information content (AvgIpc) is 3.10. The molecule has 6 heteroatoms. The van der Waals surface area contributed by atoms with Crippen LogP contribution >= 0.6 is 11.8 Å². The Hall–Kier alpha value is -1.69. The fourth-order valence-electron chi connectivity index (χ4n) is 3.00. The monoisotopic (exact) mass is 333 g/mol. The number of hydrogen-bond donors (Lipinski definition) is 0. The van der Waals surface area contributed by atoms with Gasteiger partial charge in [0.1, 0.15) is 11.5 Å². The van der Waals surface area contributed by atoms with Crippen LogP contribution in [-0.4, -0.2) is 39.2 Å². The second kappa shape index (κ2) is 6.83. The lowest BCUT2D eigenvalue weighted by molar-refractivity contribution is 0.0697. The molecule has 124 valence electrons. The van der Waals surface area contributed by atoms with Gasteiger partial charge in [-0.15, -0.1) is 0 Å². The van der Waals surface area contributed by atoms with Crippen molar-refractivity contribution in [3.8, 4) is 0 Å². The van der Waals surface area contributed by atoms with Crippen molar-refractivity contribution in [1.82, 2.24) is 14.5 Å². The first-order valence-electron chi connectivity index (χ1n) is 8.01. The summed E-state index contributed by atoms with van der Waals surface area (Å²) in [5, 5.41) is 1.06. The highest BCUT2D eigenvalue weighted by atomic mass is 32.2. The van der Waals surface area contributed by atoms with Gasteiger partial charge in [-0.1, -0.05) is 11.8 Å². The summed E-state index contributed by atoms with van der Waals surface area (Å²) in [5.74, 6) is 3.34. The Labute approximate surface area is 141 Å². The molecule has 0 unspecified atom stereocenters. The van der Waals surface area contributed by atoms with Crippen LogP contribution in [0.5, 0.6) is 0 Å². The minimum absolute atomic E-state index is 0.106. The van der Waals surface area contributed by atoms with Crippen molar-refractivity contribution < 1.29 is 9.21 Å². The van der Waals surface area contributed by atoms with Crippen LogP contribution in [0.1, 0.15) is 34.7 Å². The van der Waals surface area contributed by atoms with E-state index in [9.17, 15) is 4.79 Å². The highest BCUT2D eigenvalue weighted by Crippen LogP contribution is 2.26. The topological polar surface area (TPSA) is 51.3 Å². The quantitative estimate of drug-likeness (QED) is 0.806. The lowest BCUT2D eigenvalue weighted by Crippen LogP contribution is -2.39. The lowest BCUT2D eigenvalue weighted by Gasteiger charge is -2.31. The molecule has 1 saturated heterocycles. The Morgan fingerprint density at radius 3 is 2.70 bits per heavy atom. The van der Waals surface area contributed by atoms with Crippen LogP contribution in [0.3, 0.4) is 0 Å². The molecule has 1 aliphatic rings. The first-order chi connectivity index (χ1) is 11.0. The van der Waals surface area contributed by atoms with Gasteiger partial charge in [0.05, 0.1) is 5.56 Å². The van der Waals surface area contributed by atoms with E-state index < -0.39 is 0 Å². The fraction of sp³-hybridized carbons (Fsp3) is 0.529. The summed E-state index contributed by atoms with van der Waals surface area (Å²) in [6, 6.07) is 1.85. The summed E-state index contributed by atoms with van der Waals surface area (Å²) in [6.07, 6.45) is 5.91. The van der Waals surface area contributed by atoms with E-state index in [4.69, 9.17) is 4.42 Å². The van der Waals surface area contributed by atoms with E-state index >= 15 is 0 Å². The van der Waals surface area contributed by atoms with Gasteiger partial charge in [-0.05, 0) is 38.7 Å². The fourth-order valence-corrected chi connectivity index (χ4v) is 4.12. The van der Waals surface area contributed by atoms with Crippen LogP contribution in [0, 0.1) is 19.8 Å². The predicted molar refractivity (Wildman–Crippen MR) is 90.7 cm³/mol. The zero-order chi connectivity index (χ0) is 16.4. The largest absolute Gasteiger partial charge is 0.466 e. The maximum Gasteiger partial charge on any atom is 0.257 e. The number of aryl methyl sites for hydroxylation is 3. The standard InChI is InChI=1S/C17H23N3O2S/c1-12-10-15(13(2)22-12)16(21)20-7-4-14(5-8-20)11-23-17-18-6-9-19(17)3/h6,9-10,14H,4-5,7-8,11H2,1-3H3. The van der Waals surface area contributed by atoms with E-state index in [1.54, 1.807) is 11.8 Å². The van der Waals surface area contributed by atoms with Crippen molar-refractivity contribution in [2.45, 2.75) is 31.8 Å². The van der Waals surface area contributed by atoms with Crippen molar-refractivity contribution in [2.75, 3.05) is 18.8 Å². The smallest absolute Gasteiger partial charge is 0.257 e. The average molecular weight is 333 g/mol. The molecular formula is C17H23N3O2S. The number of imidazole rings is 1. The molecule has 1 fully saturated rings. The van der Waals surface area contributed by atoms with Crippen LogP contribution < -0.4 is 0 Å². The van der Waals surface area contributed by atoms with Gasteiger partial charge in [0.25, 0.3) is 5.91 Å². The van der Waals surface area contributed by atoms with Gasteiger partial charge in [-0.2, -0.15) is 0 Å². The summed E-state index contributed by atoms with van der Waals surface area (Å²) >= 11 is 1.81. The highest BCUT2D eigenvalue weighted by Gasteiger charge is 2.26. The van der Waals surface area contributed by atoms with E-state index in [1.807, 2.05) is 48.8 Å². The minimum atomic E-state index is 0.106. The van der Waals surface area contributed by atoms with E-state index in [-0.39, 0.29) is 5.91 Å². The summed E-state index contributed by atoms with van der Waals surface area (Å²) in [6.45, 7) is 5.39. The summed E-state index contributed by atoms with van der Waals surface area (Å²) in [4.78, 5) is 18.9. The van der Waals surface area contributed by atoms with E-state index in [1.165, 1.54) is 0 Å². The molecule has 3 heterocycles. The van der Waals surface area contributed by atoms with Crippen LogP contribution in [0.4, 0.5) is 0 Å². The second-order valence-electron chi connectivity index (χ2n) is 6.19. The number of aromatic nitrogens is 2. The number of amides is 1. The third-order valence-corrected chi connectivity index (χ3v) is 5.69. The molecule has 0 spiro atoms. The van der Waals surface area contributed by atoms with Crippen LogP contribution in [-0.2, 0) is 7.05 Å². The Balaban J connectivity index is 1.51. The number of rotatable bonds is 4. The van der Waals surface area contributed by atoms with Crippen molar-refractivity contribution in [3.63, 3.8) is 0 Å². The van der Waals surface area contributed by atoms with Crippen molar-refractivity contribution >= 4 is 17.7 Å². The molecule has 3 rings (SSSR count). The Bertz CT molecular complexity index is 684. The van der Waals surface area contributed by atoms with E-state index in [2.05, 4.69) is 4.98 Å². The molecule has 0 radical (unpaired) electrons. The number of furan rings is 1. The zero-order valence-corrected chi connectivity index (χ0v) is 14.7. The number of hydrogen-bond acceptors (Lipinski definition) is 4. The van der Waals surface area contributed by atoms with E-state index in [0.29, 0.717) is 11.5 Å². The molecule has 1 amide bonds. The summed E-state index contributed by atoms with van der Waals surface area (Å²) in [7, 11) is 2.02. The normalized spacial score (nSPS) is 16.0. The first-order valence-corrected chi connectivity index (χ1v) is 8.99. The molecule has 2 aromatic heterocycles. The zero-order valence-electron chi connectivity index (χ0n) is 13.9. The van der Waals surface area contributed by atoms with E-state index in [0.717, 1.165) is 48.4 Å². The minimum Gasteiger partial charge on any atom is -0.466 e. The van der Waals surface area contributed by atoms with Gasteiger partial charge in [-0.3, -0.25) is 4.79 Å². The molecule has 0 aliphatic carbocycles. The van der Waals surface area contributed by atoms with Gasteiger partial charge < -0.3 is 13.9 Å². The number of piperidine rings is 1. The molecule has 5 nitrogen and oxygen atoms in total. The predicted octanol–water partition coefficient (Wildman–Crippen LogP) is 3.27. The highest BCUT2D eigenvalue weighted by molar-refractivity contribution is 7.99. The van der Waals surface area contributed by atoms with Crippen LogP contribution in [0.25, 0.3) is 0 Å².